The molecule has 0 spiro atoms. The Bertz CT molecular complexity index is 159. The van der Waals surface area contributed by atoms with Gasteiger partial charge in [-0.15, -0.1) is 0 Å². The Morgan fingerprint density at radius 2 is 2.00 bits per heavy atom. The Morgan fingerprint density at radius 1 is 1.46 bits per heavy atom. The topological polar surface area (TPSA) is 52.3 Å². The summed E-state index contributed by atoms with van der Waals surface area (Å²) in [4.78, 5) is 10.7. The van der Waals surface area contributed by atoms with E-state index in [1.165, 1.54) is 0 Å². The molecule has 0 aliphatic heterocycles. The summed E-state index contributed by atoms with van der Waals surface area (Å²) < 4.78 is 5.25. The van der Waals surface area contributed by atoms with E-state index in [1.54, 1.807) is 7.11 Å². The summed E-state index contributed by atoms with van der Waals surface area (Å²) in [5.74, 6) is 0.647. The zero-order valence-corrected chi connectivity index (χ0v) is 9.04. The van der Waals surface area contributed by atoms with Gasteiger partial charge >= 0.3 is 0 Å². The highest BCUT2D eigenvalue weighted by atomic mass is 16.5. The molecule has 0 fully saturated rings. The number of rotatable bonds is 6. The Morgan fingerprint density at radius 3 is 2.31 bits per heavy atom. The van der Waals surface area contributed by atoms with Gasteiger partial charge in [-0.3, -0.25) is 4.79 Å². The van der Waals surface area contributed by atoms with Crippen LogP contribution in [-0.4, -0.2) is 19.1 Å². The Hall–Kier alpha value is -0.570. The van der Waals surface area contributed by atoms with Crippen molar-refractivity contribution in [2.24, 2.45) is 17.6 Å². The van der Waals surface area contributed by atoms with Crippen LogP contribution in [0.4, 0.5) is 0 Å². The highest BCUT2D eigenvalue weighted by molar-refractivity contribution is 5.74. The molecule has 0 saturated carbocycles. The number of hydrogen-bond acceptors (Lipinski definition) is 2. The molecular weight excluding hydrogens is 166 g/mol. The minimum absolute atomic E-state index is 0.0348. The third-order valence-corrected chi connectivity index (χ3v) is 2.83. The fourth-order valence-corrected chi connectivity index (χ4v) is 1.42. The fraction of sp³-hybridized carbons (Fsp3) is 0.900. The minimum atomic E-state index is -0.290. The number of ether oxygens (including phenoxy) is 1. The van der Waals surface area contributed by atoms with Crippen LogP contribution in [0.25, 0.3) is 0 Å². The van der Waals surface area contributed by atoms with Gasteiger partial charge in [0, 0.05) is 7.11 Å². The van der Waals surface area contributed by atoms with Crippen LogP contribution in [0.2, 0.25) is 0 Å². The molecule has 1 unspecified atom stereocenters. The van der Waals surface area contributed by atoms with Crippen molar-refractivity contribution in [2.75, 3.05) is 7.11 Å². The lowest BCUT2D eigenvalue weighted by Gasteiger charge is -2.26. The Labute approximate surface area is 80.6 Å². The van der Waals surface area contributed by atoms with E-state index in [0.717, 1.165) is 6.42 Å². The smallest absolute Gasteiger partial charge is 0.220 e. The summed E-state index contributed by atoms with van der Waals surface area (Å²) in [5, 5.41) is 0. The second-order valence-electron chi connectivity index (χ2n) is 3.69. The van der Waals surface area contributed by atoms with E-state index < -0.39 is 0 Å². The molecule has 13 heavy (non-hydrogen) atoms. The van der Waals surface area contributed by atoms with Crippen LogP contribution in [0.15, 0.2) is 0 Å². The van der Waals surface area contributed by atoms with Crippen LogP contribution >= 0.6 is 0 Å². The first-order valence-electron chi connectivity index (χ1n) is 4.84. The van der Waals surface area contributed by atoms with E-state index in [1.807, 2.05) is 0 Å². The quantitative estimate of drug-likeness (QED) is 0.686. The Kier molecular flexibility index (Phi) is 5.71. The van der Waals surface area contributed by atoms with Crippen molar-refractivity contribution in [2.45, 2.75) is 39.7 Å². The summed E-state index contributed by atoms with van der Waals surface area (Å²) in [7, 11) is 1.63. The van der Waals surface area contributed by atoms with Gasteiger partial charge in [0.2, 0.25) is 5.91 Å². The SMILES string of the molecule is CC[C@H](C)C(C)[C@@H](CC(N)=O)OC. The molecule has 1 amide bonds. The monoisotopic (exact) mass is 187 g/mol. The van der Waals surface area contributed by atoms with Crippen molar-refractivity contribution < 1.29 is 9.53 Å². The van der Waals surface area contributed by atoms with Crippen molar-refractivity contribution in [3.05, 3.63) is 0 Å². The average Bonchev–Trinajstić information content (AvgIpc) is 2.11. The molecule has 0 aromatic heterocycles. The van der Waals surface area contributed by atoms with E-state index in [9.17, 15) is 4.79 Å². The first-order chi connectivity index (χ1) is 6.02. The van der Waals surface area contributed by atoms with Crippen LogP contribution < -0.4 is 5.73 Å². The first-order valence-corrected chi connectivity index (χ1v) is 4.84. The number of amides is 1. The summed E-state index contributed by atoms with van der Waals surface area (Å²) in [6.45, 7) is 6.40. The van der Waals surface area contributed by atoms with Crippen molar-refractivity contribution in [1.82, 2.24) is 0 Å². The van der Waals surface area contributed by atoms with Gasteiger partial charge in [-0.1, -0.05) is 27.2 Å². The summed E-state index contributed by atoms with van der Waals surface area (Å²) in [6, 6.07) is 0. The molecule has 0 aromatic carbocycles. The number of carbonyl (C=O) groups is 1. The molecule has 78 valence electrons. The number of nitrogens with two attached hydrogens (primary N) is 1. The molecule has 0 rings (SSSR count). The third-order valence-electron chi connectivity index (χ3n) is 2.83. The Balaban J connectivity index is 4.13. The summed E-state index contributed by atoms with van der Waals surface area (Å²) in [5.41, 5.74) is 5.13. The van der Waals surface area contributed by atoms with Gasteiger partial charge in [0.1, 0.15) is 0 Å². The molecule has 0 radical (unpaired) electrons. The average molecular weight is 187 g/mol. The summed E-state index contributed by atoms with van der Waals surface area (Å²) >= 11 is 0. The largest absolute Gasteiger partial charge is 0.381 e. The van der Waals surface area contributed by atoms with Crippen LogP contribution in [0, 0.1) is 11.8 Å². The van der Waals surface area contributed by atoms with E-state index in [2.05, 4.69) is 20.8 Å². The van der Waals surface area contributed by atoms with Gasteiger partial charge in [0.05, 0.1) is 12.5 Å². The maximum Gasteiger partial charge on any atom is 0.220 e. The third kappa shape index (κ3) is 4.27. The van der Waals surface area contributed by atoms with Gasteiger partial charge in [0.25, 0.3) is 0 Å². The first kappa shape index (κ1) is 12.4. The van der Waals surface area contributed by atoms with Gasteiger partial charge in [-0.05, 0) is 11.8 Å². The molecule has 3 heteroatoms. The highest BCUT2D eigenvalue weighted by Crippen LogP contribution is 2.22. The molecule has 0 saturated heterocycles. The molecule has 0 bridgehead atoms. The number of carbonyl (C=O) groups excluding carboxylic acids is 1. The normalized spacial score (nSPS) is 17.8. The molecule has 3 atom stereocenters. The molecule has 2 N–H and O–H groups in total. The molecule has 0 aliphatic rings. The predicted octanol–water partition coefficient (Wildman–Crippen LogP) is 1.56. The van der Waals surface area contributed by atoms with Crippen LogP contribution in [-0.2, 0) is 9.53 Å². The van der Waals surface area contributed by atoms with E-state index in [4.69, 9.17) is 10.5 Å². The lowest BCUT2D eigenvalue weighted by Crippen LogP contribution is -2.30. The van der Waals surface area contributed by atoms with E-state index in [-0.39, 0.29) is 12.0 Å². The molecule has 0 aromatic rings. The van der Waals surface area contributed by atoms with Crippen molar-refractivity contribution >= 4 is 5.91 Å². The maximum absolute atomic E-state index is 10.7. The lowest BCUT2D eigenvalue weighted by molar-refractivity contribution is -0.121. The standard InChI is InChI=1S/C10H21NO2/c1-5-7(2)8(3)9(13-4)6-10(11)12/h7-9H,5-6H2,1-4H3,(H2,11,12)/t7-,8?,9+/m0/s1. The fourth-order valence-electron chi connectivity index (χ4n) is 1.42. The van der Waals surface area contributed by atoms with Gasteiger partial charge in [-0.2, -0.15) is 0 Å². The van der Waals surface area contributed by atoms with Crippen molar-refractivity contribution in [3.8, 4) is 0 Å². The predicted molar refractivity (Wildman–Crippen MR) is 53.2 cm³/mol. The van der Waals surface area contributed by atoms with Crippen LogP contribution in [0.1, 0.15) is 33.6 Å². The van der Waals surface area contributed by atoms with Gasteiger partial charge < -0.3 is 10.5 Å². The van der Waals surface area contributed by atoms with Crippen molar-refractivity contribution in [3.63, 3.8) is 0 Å². The minimum Gasteiger partial charge on any atom is -0.381 e. The van der Waals surface area contributed by atoms with Crippen molar-refractivity contribution in [1.29, 1.82) is 0 Å². The second kappa shape index (κ2) is 5.97. The molecule has 0 heterocycles. The van der Waals surface area contributed by atoms with E-state index in [0.29, 0.717) is 18.3 Å². The van der Waals surface area contributed by atoms with Gasteiger partial charge in [0.15, 0.2) is 0 Å². The number of primary amides is 1. The van der Waals surface area contributed by atoms with Crippen LogP contribution in [0.3, 0.4) is 0 Å². The lowest BCUT2D eigenvalue weighted by atomic mass is 9.87. The maximum atomic E-state index is 10.7. The zero-order chi connectivity index (χ0) is 10.4. The number of methoxy groups -OCH3 is 1. The zero-order valence-electron chi connectivity index (χ0n) is 9.04. The highest BCUT2D eigenvalue weighted by Gasteiger charge is 2.22. The van der Waals surface area contributed by atoms with Gasteiger partial charge in [-0.25, -0.2) is 0 Å². The second-order valence-corrected chi connectivity index (χ2v) is 3.69. The molecule has 0 aliphatic carbocycles. The molecule has 3 nitrogen and oxygen atoms in total. The molecular formula is C10H21NO2. The van der Waals surface area contributed by atoms with Crippen LogP contribution in [0.5, 0.6) is 0 Å². The summed E-state index contributed by atoms with van der Waals surface area (Å²) in [6.07, 6.45) is 1.38. The van der Waals surface area contributed by atoms with E-state index >= 15 is 0 Å². The number of hydrogen-bond donors (Lipinski definition) is 1.